The van der Waals surface area contributed by atoms with E-state index < -0.39 is 116 Å². The molecule has 10 rings (SSSR count). The molecule has 4 heterocycles. The minimum absolute atomic E-state index is 0. The van der Waals surface area contributed by atoms with Gasteiger partial charge in [0.05, 0.1) is 24.0 Å². The van der Waals surface area contributed by atoms with Crippen LogP contribution >= 0.6 is 35.6 Å². The van der Waals surface area contributed by atoms with Crippen LogP contribution in [0.3, 0.4) is 0 Å². The van der Waals surface area contributed by atoms with E-state index in [1.807, 2.05) is 0 Å². The summed E-state index contributed by atoms with van der Waals surface area (Å²) in [6.45, 7) is 1.49. The number of rotatable bonds is 16. The van der Waals surface area contributed by atoms with Gasteiger partial charge in [-0.25, -0.2) is 17.6 Å². The number of ketones is 2. The van der Waals surface area contributed by atoms with Gasteiger partial charge in [0.25, 0.3) is 0 Å². The van der Waals surface area contributed by atoms with Gasteiger partial charge in [0.2, 0.25) is 29.5 Å². The molecule has 4 atom stereocenters. The van der Waals surface area contributed by atoms with Crippen LogP contribution in [0.1, 0.15) is 60.2 Å². The van der Waals surface area contributed by atoms with Crippen LogP contribution in [0.2, 0.25) is 10.0 Å². The molecule has 5 amide bonds. The Morgan fingerprint density at radius 1 is 0.564 bits per heavy atom. The van der Waals surface area contributed by atoms with Crippen molar-refractivity contribution in [1.82, 2.24) is 19.4 Å². The number of carbonyl (C=O) groups excluding carboxylic acids is 7. The number of aromatic nitrogens is 2. The van der Waals surface area contributed by atoms with E-state index in [2.05, 4.69) is 26.6 Å². The average molecular weight is 1380 g/mol. The second kappa shape index (κ2) is 30.6. The minimum Gasteiger partial charge on any atom is -0.480 e. The number of benzene rings is 6. The summed E-state index contributed by atoms with van der Waals surface area (Å²) in [4.78, 5) is 97.9. The fourth-order valence-electron chi connectivity index (χ4n) is 10.4. The first-order valence-electron chi connectivity index (χ1n) is 28.1. The lowest BCUT2D eigenvalue weighted by Gasteiger charge is -2.24. The summed E-state index contributed by atoms with van der Waals surface area (Å²) in [7, 11) is 0. The van der Waals surface area contributed by atoms with Crippen molar-refractivity contribution < 1.29 is 87.4 Å². The molecule has 0 bridgehead atoms. The molecule has 0 spiro atoms. The van der Waals surface area contributed by atoms with Crippen LogP contribution in [0, 0.1) is 11.6 Å². The Kier molecular flexibility index (Phi) is 23.5. The van der Waals surface area contributed by atoms with Crippen LogP contribution in [-0.4, -0.2) is 116 Å². The number of Topliss-reactive ketones (excluding diaryl/α,β-unsaturated/α-hetero) is 2. The van der Waals surface area contributed by atoms with Crippen molar-refractivity contribution in [3.63, 3.8) is 0 Å². The van der Waals surface area contributed by atoms with Gasteiger partial charge in [-0.3, -0.25) is 38.4 Å². The van der Waals surface area contributed by atoms with Crippen LogP contribution in [0.15, 0.2) is 134 Å². The lowest BCUT2D eigenvalue weighted by molar-refractivity contribution is -0.151. The second-order valence-corrected chi connectivity index (χ2v) is 22.3. The lowest BCUT2D eigenvalue weighted by Crippen LogP contribution is -2.44. The number of fused-ring (bicyclic) bond motifs is 2. The van der Waals surface area contributed by atoms with E-state index in [4.69, 9.17) is 28.3 Å². The molecular weight excluding hydrogens is 1320 g/mol. The fourth-order valence-corrected chi connectivity index (χ4v) is 10.9. The topological polar surface area (TPSA) is 230 Å². The second-order valence-electron chi connectivity index (χ2n) is 21.5. The van der Waals surface area contributed by atoms with Gasteiger partial charge in [-0.05, 0) is 74.5 Å². The number of anilines is 4. The highest BCUT2D eigenvalue weighted by Crippen LogP contribution is 2.36. The molecule has 496 valence electrons. The van der Waals surface area contributed by atoms with Crippen LogP contribution in [0.25, 0.3) is 44.1 Å². The quantitative estimate of drug-likeness (QED) is 0.0396. The molecule has 17 nitrogen and oxygen atoms in total. The molecule has 0 saturated carbocycles. The van der Waals surface area contributed by atoms with Crippen molar-refractivity contribution in [3.05, 3.63) is 167 Å². The first-order valence-corrected chi connectivity index (χ1v) is 28.8. The van der Waals surface area contributed by atoms with Crippen molar-refractivity contribution in [2.45, 2.75) is 89.4 Å². The predicted molar refractivity (Wildman–Crippen MR) is 335 cm³/mol. The maximum Gasteiger partial charge on any atom is 0.397 e. The Morgan fingerprint density at radius 3 is 1.41 bits per heavy atom. The summed E-state index contributed by atoms with van der Waals surface area (Å²) in [5, 5.41) is 22.2. The molecule has 6 aromatic carbocycles. The Balaban J connectivity index is 0.000000219. The van der Waals surface area contributed by atoms with Crippen molar-refractivity contribution in [2.24, 2.45) is 0 Å². The van der Waals surface area contributed by atoms with E-state index in [9.17, 15) is 77.9 Å². The first kappa shape index (κ1) is 72.1. The molecule has 0 unspecified atom stereocenters. The predicted octanol–water partition coefficient (Wildman–Crippen LogP) is 13.8. The van der Waals surface area contributed by atoms with Gasteiger partial charge in [-0.15, -0.1) is 12.4 Å². The smallest absolute Gasteiger partial charge is 0.397 e. The number of hydrogen-bond acceptors (Lipinski definition) is 9. The molecule has 2 aliphatic rings. The van der Waals surface area contributed by atoms with Gasteiger partial charge in [0, 0.05) is 108 Å². The molecule has 30 heteroatoms. The Bertz CT molecular complexity index is 4220. The van der Waals surface area contributed by atoms with Crippen LogP contribution < -0.4 is 26.6 Å². The number of hydrogen-bond donors (Lipinski definition) is 6. The zero-order valence-electron chi connectivity index (χ0n) is 49.2. The number of aliphatic carboxylic acids is 1. The van der Waals surface area contributed by atoms with E-state index in [1.165, 1.54) is 96.0 Å². The van der Waals surface area contributed by atoms with E-state index in [0.717, 1.165) is 4.90 Å². The van der Waals surface area contributed by atoms with Crippen molar-refractivity contribution in [1.29, 1.82) is 0 Å². The number of likely N-dealkylation sites (tertiary alicyclic amines) is 1. The average Bonchev–Trinajstić information content (AvgIpc) is 1.60. The molecule has 2 aromatic heterocycles. The van der Waals surface area contributed by atoms with Gasteiger partial charge in [-0.1, -0.05) is 83.9 Å². The fraction of sp³-hybridized carbons (Fsp3) is 0.250. The SMILES string of the molecule is CC(=O)c1cn(CC(=O)N2C[C@H](F)C[C@H]2C(=O)Nc2cccc(-c3ccccc3Cl)c2F)c2ccc(NC(=O)CC(F)(F)F)cc12.CC(=O)c1cn(CC(=O)O)c2ccc(NC(=O)CC(F)(F)F)cc12.Cl.O=C(Nc1cccc(-c2ccccc2Cl)c1F)[C@@H]1C[C@@H](F)CN1. The van der Waals surface area contributed by atoms with Crippen LogP contribution in [0.4, 0.5) is 66.7 Å². The van der Waals surface area contributed by atoms with Crippen molar-refractivity contribution in [3.8, 4) is 22.3 Å². The molecule has 2 saturated heterocycles. The molecule has 2 fully saturated rings. The van der Waals surface area contributed by atoms with E-state index in [0.29, 0.717) is 43.2 Å². The minimum atomic E-state index is -4.71. The van der Waals surface area contributed by atoms with Gasteiger partial charge < -0.3 is 45.7 Å². The molecule has 8 aromatic rings. The third-order valence-corrected chi connectivity index (χ3v) is 15.2. The number of carboxylic acids is 1. The molecule has 94 heavy (non-hydrogen) atoms. The van der Waals surface area contributed by atoms with Crippen molar-refractivity contribution >= 4 is 127 Å². The maximum atomic E-state index is 15.5. The summed E-state index contributed by atoms with van der Waals surface area (Å²) in [6.07, 6.45) is -12.7. The summed E-state index contributed by atoms with van der Waals surface area (Å²) in [5.41, 5.74) is 2.47. The molecule has 0 radical (unpaired) electrons. The van der Waals surface area contributed by atoms with Gasteiger partial charge in [0.1, 0.15) is 44.3 Å². The third-order valence-electron chi connectivity index (χ3n) is 14.5. The molecule has 0 aliphatic carbocycles. The highest BCUT2D eigenvalue weighted by Gasteiger charge is 2.41. The standard InChI is InChI=1S/C32H26ClF5N4O4.C17H15ClF2N2O.C15H13F3N2O4.ClH/c1-17(43)23-15-41(26-10-9-19(12-22(23)26)39-28(44)13-32(36,37)38)16-29(45)42-14-18(34)11-27(42)31(46)40-25-8-4-6-21(30(25)35)20-5-2-3-7-24(20)33;18-13-6-2-1-4-11(13)12-5-3-7-14(16(12)20)22-17(23)15-8-10(19)9-21-15;1-8(21)11-6-20(7-14(23)24)12-3-2-9(4-10(11)12)19-13(22)5-15(16,17)18;/h2-10,12,15,18,27H,11,13-14,16H2,1H3,(H,39,44)(H,40,46);1-7,10,15,21H,8-9H2,(H,22,23);2-4,6H,5,7H2,1H3,(H,19,22)(H,23,24);1H/t18-,27+;10-,15+;;/m11../s1. The zero-order chi connectivity index (χ0) is 67.8. The molecule has 6 N–H and O–H groups in total. The van der Waals surface area contributed by atoms with E-state index >= 15 is 4.39 Å². The van der Waals surface area contributed by atoms with E-state index in [1.54, 1.807) is 60.7 Å². The van der Waals surface area contributed by atoms with Crippen LogP contribution in [-0.2, 0) is 41.9 Å². The van der Waals surface area contributed by atoms with Gasteiger partial charge >= 0.3 is 18.3 Å². The number of nitrogens with zero attached hydrogens (tertiary/aromatic N) is 3. The maximum absolute atomic E-state index is 15.5. The Hall–Kier alpha value is -9.31. The van der Waals surface area contributed by atoms with Gasteiger partial charge in [-0.2, -0.15) is 26.3 Å². The normalized spacial score (nSPS) is 16.0. The highest BCUT2D eigenvalue weighted by molar-refractivity contribution is 6.33. The zero-order valence-corrected chi connectivity index (χ0v) is 51.5. The summed E-state index contributed by atoms with van der Waals surface area (Å²) in [5.74, 6) is -7.61. The highest BCUT2D eigenvalue weighted by atomic mass is 35.5. The third kappa shape index (κ3) is 18.3. The summed E-state index contributed by atoms with van der Waals surface area (Å²) < 4.78 is 135. The molecule has 2 aliphatic heterocycles. The number of carboxylic acid groups (broad SMARTS) is 1. The lowest BCUT2D eigenvalue weighted by atomic mass is 10.0. The van der Waals surface area contributed by atoms with Crippen LogP contribution in [0.5, 0.6) is 0 Å². The largest absolute Gasteiger partial charge is 0.480 e. The van der Waals surface area contributed by atoms with Crippen molar-refractivity contribution in [2.75, 3.05) is 34.4 Å². The number of alkyl halides is 8. The first-order chi connectivity index (χ1) is 43.8. The Labute approximate surface area is 544 Å². The summed E-state index contributed by atoms with van der Waals surface area (Å²) in [6, 6.07) is 28.8. The number of halogens is 13. The van der Waals surface area contributed by atoms with Gasteiger partial charge in [0.15, 0.2) is 23.2 Å². The summed E-state index contributed by atoms with van der Waals surface area (Å²) >= 11 is 12.3. The number of nitrogens with one attached hydrogen (secondary N) is 5. The molecular formula is C64H55Cl3F10N8O9. The van der Waals surface area contributed by atoms with E-state index in [-0.39, 0.29) is 88.9 Å². The number of carbonyl (C=O) groups is 8. The Morgan fingerprint density at radius 2 is 1.00 bits per heavy atom. The monoisotopic (exact) mass is 1370 g/mol. The number of amides is 5.